The van der Waals surface area contributed by atoms with Gasteiger partial charge in [-0.3, -0.25) is 9.59 Å². The maximum Gasteiger partial charge on any atom is 0.254 e. The van der Waals surface area contributed by atoms with Crippen molar-refractivity contribution in [3.63, 3.8) is 0 Å². The minimum absolute atomic E-state index is 0.0898. The lowest BCUT2D eigenvalue weighted by atomic mass is 10.1. The van der Waals surface area contributed by atoms with Crippen LogP contribution in [0.1, 0.15) is 27.9 Å². The minimum atomic E-state index is -0.408. The van der Waals surface area contributed by atoms with Crippen LogP contribution in [0.4, 0.5) is 0 Å². The van der Waals surface area contributed by atoms with Crippen molar-refractivity contribution in [2.75, 3.05) is 6.54 Å². The number of nitrogens with two attached hydrogens (primary N) is 1. The largest absolute Gasteiger partial charge is 0.370 e. The summed E-state index contributed by atoms with van der Waals surface area (Å²) in [5.41, 5.74) is 8.02. The molecule has 23 heavy (non-hydrogen) atoms. The van der Waals surface area contributed by atoms with Crippen LogP contribution in [0.25, 0.3) is 0 Å². The zero-order valence-corrected chi connectivity index (χ0v) is 15.1. The highest BCUT2D eigenvalue weighted by Gasteiger charge is 2.17. The maximum atomic E-state index is 12.8. The Labute approximate surface area is 149 Å². The van der Waals surface area contributed by atoms with Crippen molar-refractivity contribution in [3.05, 3.63) is 68.8 Å². The fourth-order valence-electron chi connectivity index (χ4n) is 2.21. The molecule has 0 unspecified atom stereocenters. The van der Waals surface area contributed by atoms with E-state index >= 15 is 0 Å². The fourth-order valence-corrected chi connectivity index (χ4v) is 2.73. The minimum Gasteiger partial charge on any atom is -0.370 e. The molecule has 0 radical (unpaired) electrons. The lowest BCUT2D eigenvalue weighted by Crippen LogP contribution is -2.33. The number of benzene rings is 2. The van der Waals surface area contributed by atoms with Gasteiger partial charge in [0.25, 0.3) is 5.91 Å². The molecule has 0 heterocycles. The third-order valence-corrected chi connectivity index (χ3v) is 4.71. The van der Waals surface area contributed by atoms with Crippen LogP contribution < -0.4 is 5.73 Å². The molecule has 0 atom stereocenters. The van der Waals surface area contributed by atoms with E-state index in [0.717, 1.165) is 14.7 Å². The van der Waals surface area contributed by atoms with Gasteiger partial charge in [0, 0.05) is 28.6 Å². The normalized spacial score (nSPS) is 10.3. The second kappa shape index (κ2) is 8.10. The predicted molar refractivity (Wildman–Crippen MR) is 98.9 cm³/mol. The molecule has 4 nitrogen and oxygen atoms in total. The van der Waals surface area contributed by atoms with Crippen LogP contribution in [0.3, 0.4) is 0 Å². The van der Waals surface area contributed by atoms with Crippen LogP contribution in [0.2, 0.25) is 0 Å². The average molecular weight is 422 g/mol. The summed E-state index contributed by atoms with van der Waals surface area (Å²) >= 11 is 2.22. The monoisotopic (exact) mass is 422 g/mol. The number of hydrogen-bond acceptors (Lipinski definition) is 2. The Kier molecular flexibility index (Phi) is 6.15. The topological polar surface area (TPSA) is 63.4 Å². The third kappa shape index (κ3) is 5.06. The van der Waals surface area contributed by atoms with E-state index < -0.39 is 5.91 Å². The van der Waals surface area contributed by atoms with Crippen molar-refractivity contribution in [1.29, 1.82) is 0 Å². The van der Waals surface area contributed by atoms with Gasteiger partial charge in [-0.2, -0.15) is 0 Å². The van der Waals surface area contributed by atoms with E-state index in [1.807, 2.05) is 55.5 Å². The summed E-state index contributed by atoms with van der Waals surface area (Å²) in [5.74, 6) is -0.498. The van der Waals surface area contributed by atoms with E-state index in [-0.39, 0.29) is 12.3 Å². The Morgan fingerprint density at radius 3 is 2.43 bits per heavy atom. The predicted octanol–water partition coefficient (Wildman–Crippen LogP) is 3.12. The van der Waals surface area contributed by atoms with E-state index in [4.69, 9.17) is 5.73 Å². The molecular weight excluding hydrogens is 403 g/mol. The van der Waals surface area contributed by atoms with Crippen LogP contribution >= 0.6 is 22.6 Å². The molecule has 0 fully saturated rings. The molecule has 0 aliphatic heterocycles. The Balaban J connectivity index is 2.22. The van der Waals surface area contributed by atoms with Crippen LogP contribution in [0.5, 0.6) is 0 Å². The summed E-state index contributed by atoms with van der Waals surface area (Å²) in [7, 11) is 0. The summed E-state index contributed by atoms with van der Waals surface area (Å²) < 4.78 is 1.04. The summed E-state index contributed by atoms with van der Waals surface area (Å²) in [6.45, 7) is 2.77. The van der Waals surface area contributed by atoms with Crippen LogP contribution in [0, 0.1) is 10.5 Å². The lowest BCUT2D eigenvalue weighted by molar-refractivity contribution is -0.118. The van der Waals surface area contributed by atoms with Gasteiger partial charge in [-0.15, -0.1) is 0 Å². The van der Waals surface area contributed by atoms with Gasteiger partial charge in [0.05, 0.1) is 0 Å². The third-order valence-electron chi connectivity index (χ3n) is 3.55. The molecule has 2 aromatic rings. The first-order valence-electron chi connectivity index (χ1n) is 7.35. The number of nitrogens with zero attached hydrogens (tertiary/aromatic N) is 1. The highest BCUT2D eigenvalue weighted by molar-refractivity contribution is 14.1. The SMILES string of the molecule is Cc1ccc(C(=O)N(CCC(N)=O)Cc2ccccc2)cc1I. The molecule has 0 spiro atoms. The van der Waals surface area contributed by atoms with Crippen molar-refractivity contribution in [1.82, 2.24) is 4.90 Å². The highest BCUT2D eigenvalue weighted by atomic mass is 127. The average Bonchev–Trinajstić information content (AvgIpc) is 2.54. The van der Waals surface area contributed by atoms with Gasteiger partial charge < -0.3 is 10.6 Å². The van der Waals surface area contributed by atoms with E-state index in [1.54, 1.807) is 4.90 Å². The molecule has 2 N–H and O–H groups in total. The number of carbonyl (C=O) groups excluding carboxylic acids is 2. The number of halogens is 1. The van der Waals surface area contributed by atoms with E-state index in [0.29, 0.717) is 18.7 Å². The molecule has 120 valence electrons. The standard InChI is InChI=1S/C18H19IN2O2/c1-13-7-8-15(11-16(13)19)18(23)21(10-9-17(20)22)12-14-5-3-2-4-6-14/h2-8,11H,9-10,12H2,1H3,(H2,20,22). The molecule has 0 bridgehead atoms. The Hall–Kier alpha value is -1.89. The number of rotatable bonds is 6. The van der Waals surface area contributed by atoms with Crippen LogP contribution in [-0.4, -0.2) is 23.3 Å². The second-order valence-corrected chi connectivity index (χ2v) is 6.55. The highest BCUT2D eigenvalue weighted by Crippen LogP contribution is 2.16. The molecule has 2 amide bonds. The number of hydrogen-bond donors (Lipinski definition) is 1. The Morgan fingerprint density at radius 2 is 1.83 bits per heavy atom. The van der Waals surface area contributed by atoms with Gasteiger partial charge in [0.15, 0.2) is 0 Å². The molecule has 2 rings (SSSR count). The van der Waals surface area contributed by atoms with Gasteiger partial charge in [-0.25, -0.2) is 0 Å². The van der Waals surface area contributed by atoms with E-state index in [9.17, 15) is 9.59 Å². The summed E-state index contributed by atoms with van der Waals surface area (Å²) in [6, 6.07) is 15.3. The van der Waals surface area contributed by atoms with Gasteiger partial charge in [-0.1, -0.05) is 36.4 Å². The molecule has 0 saturated heterocycles. The summed E-state index contributed by atoms with van der Waals surface area (Å²) in [5, 5.41) is 0. The van der Waals surface area contributed by atoms with Gasteiger partial charge >= 0.3 is 0 Å². The fraction of sp³-hybridized carbons (Fsp3) is 0.222. The zero-order chi connectivity index (χ0) is 16.8. The van der Waals surface area contributed by atoms with E-state index in [2.05, 4.69) is 22.6 Å². The van der Waals surface area contributed by atoms with Crippen LogP contribution in [-0.2, 0) is 11.3 Å². The second-order valence-electron chi connectivity index (χ2n) is 5.39. The zero-order valence-electron chi connectivity index (χ0n) is 13.0. The summed E-state index contributed by atoms with van der Waals surface area (Å²) in [4.78, 5) is 25.6. The molecule has 0 aliphatic rings. The first-order chi connectivity index (χ1) is 11.0. The first kappa shape index (κ1) is 17.5. The maximum absolute atomic E-state index is 12.8. The Bertz CT molecular complexity index is 701. The van der Waals surface area contributed by atoms with Gasteiger partial charge in [0.1, 0.15) is 0 Å². The number of primary amides is 1. The molecule has 0 saturated carbocycles. The summed E-state index contributed by atoms with van der Waals surface area (Å²) in [6.07, 6.45) is 0.154. The number of aryl methyl sites for hydroxylation is 1. The molecule has 0 aromatic heterocycles. The van der Waals surface area contributed by atoms with Gasteiger partial charge in [-0.05, 0) is 52.8 Å². The van der Waals surface area contributed by atoms with Gasteiger partial charge in [0.2, 0.25) is 5.91 Å². The molecular formula is C18H19IN2O2. The number of carbonyl (C=O) groups is 2. The van der Waals surface area contributed by atoms with Crippen molar-refractivity contribution >= 4 is 34.4 Å². The Morgan fingerprint density at radius 1 is 1.13 bits per heavy atom. The van der Waals surface area contributed by atoms with E-state index in [1.165, 1.54) is 0 Å². The molecule has 0 aliphatic carbocycles. The molecule has 2 aromatic carbocycles. The lowest BCUT2D eigenvalue weighted by Gasteiger charge is -2.22. The van der Waals surface area contributed by atoms with Crippen LogP contribution in [0.15, 0.2) is 48.5 Å². The van der Waals surface area contributed by atoms with Crippen molar-refractivity contribution < 1.29 is 9.59 Å². The smallest absolute Gasteiger partial charge is 0.254 e. The quantitative estimate of drug-likeness (QED) is 0.728. The van der Waals surface area contributed by atoms with Crippen molar-refractivity contribution in [2.45, 2.75) is 19.9 Å². The number of amides is 2. The molecule has 5 heteroatoms. The van der Waals surface area contributed by atoms with Crippen molar-refractivity contribution in [2.24, 2.45) is 5.73 Å². The first-order valence-corrected chi connectivity index (χ1v) is 8.43. The van der Waals surface area contributed by atoms with Crippen molar-refractivity contribution in [3.8, 4) is 0 Å².